The van der Waals surface area contributed by atoms with E-state index in [4.69, 9.17) is 10.8 Å². The highest BCUT2D eigenvalue weighted by Gasteiger charge is 1.76. The predicted octanol–water partition coefficient (Wildman–Crippen LogP) is -0.468. The molecule has 0 unspecified atom stereocenters. The Kier molecular flexibility index (Phi) is 4.85. The maximum atomic E-state index is 8.11. The van der Waals surface area contributed by atoms with Crippen LogP contribution in [-0.2, 0) is 0 Å². The second-order valence-corrected chi connectivity index (χ2v) is 1.04. The first kappa shape index (κ1) is 5.92. The number of hydrogen-bond donors (Lipinski definition) is 2. The summed E-state index contributed by atoms with van der Waals surface area (Å²) in [4.78, 5) is 0. The van der Waals surface area contributed by atoms with Gasteiger partial charge < -0.3 is 10.8 Å². The van der Waals surface area contributed by atoms with Crippen molar-refractivity contribution >= 4 is 0 Å². The lowest BCUT2D eigenvalue weighted by Gasteiger charge is -1.85. The minimum absolute atomic E-state index is 0.219. The van der Waals surface area contributed by atoms with Crippen LogP contribution in [0.4, 0.5) is 0 Å². The van der Waals surface area contributed by atoms with Gasteiger partial charge >= 0.3 is 0 Å². The Hall–Kier alpha value is -0.0800. The molecule has 0 saturated heterocycles. The third-order valence-corrected chi connectivity index (χ3v) is 0.500. The summed E-state index contributed by atoms with van der Waals surface area (Å²) >= 11 is 0. The summed E-state index contributed by atoms with van der Waals surface area (Å²) in [6.45, 7) is 0.789. The molecule has 37 valence electrons. The van der Waals surface area contributed by atoms with E-state index in [-0.39, 0.29) is 6.61 Å². The molecule has 1 radical (unpaired) electrons. The molecule has 0 aliphatic rings. The van der Waals surface area contributed by atoms with Crippen LogP contribution in [0, 0.1) is 6.42 Å². The average Bonchev–Trinajstić information content (AvgIpc) is 1.61. The van der Waals surface area contributed by atoms with Crippen LogP contribution >= 0.6 is 0 Å². The summed E-state index contributed by atoms with van der Waals surface area (Å²) in [5.74, 6) is 0. The van der Waals surface area contributed by atoms with Crippen molar-refractivity contribution in [2.75, 3.05) is 13.2 Å². The Morgan fingerprint density at radius 2 is 2.33 bits per heavy atom. The van der Waals surface area contributed by atoms with Gasteiger partial charge in [-0.1, -0.05) is 0 Å². The first-order chi connectivity index (χ1) is 2.91. The van der Waals surface area contributed by atoms with Crippen molar-refractivity contribution in [1.29, 1.82) is 0 Å². The van der Waals surface area contributed by atoms with Crippen molar-refractivity contribution in [2.45, 2.75) is 6.42 Å². The van der Waals surface area contributed by atoms with Gasteiger partial charge in [0.05, 0.1) is 0 Å². The highest BCUT2D eigenvalue weighted by atomic mass is 16.2. The van der Waals surface area contributed by atoms with Crippen molar-refractivity contribution in [3.63, 3.8) is 0 Å². The largest absolute Gasteiger partial charge is 0.396 e. The Morgan fingerprint density at radius 3 is 2.50 bits per heavy atom. The number of nitrogens with two attached hydrogens (primary N) is 1. The Morgan fingerprint density at radius 1 is 1.67 bits per heavy atom. The molecule has 3 N–H and O–H groups in total. The van der Waals surface area contributed by atoms with E-state index >= 15 is 0 Å². The molecule has 0 amide bonds. The van der Waals surface area contributed by atoms with Crippen LogP contribution in [0.3, 0.4) is 0 Å². The molecule has 0 aromatic rings. The van der Waals surface area contributed by atoms with Crippen molar-refractivity contribution in [3.05, 3.63) is 6.42 Å². The van der Waals surface area contributed by atoms with Gasteiger partial charge in [0.2, 0.25) is 0 Å². The van der Waals surface area contributed by atoms with Crippen LogP contribution < -0.4 is 5.73 Å². The van der Waals surface area contributed by atoms with Gasteiger partial charge in [-0.15, -0.1) is 0 Å². The molecule has 0 heterocycles. The molecule has 0 atom stereocenters. The Balaban J connectivity index is 2.34. The first-order valence-electron chi connectivity index (χ1n) is 2.04. The first-order valence-corrected chi connectivity index (χ1v) is 2.04. The summed E-state index contributed by atoms with van der Waals surface area (Å²) in [5.41, 5.74) is 5.05. The third kappa shape index (κ3) is 3.92. The second kappa shape index (κ2) is 4.92. The van der Waals surface area contributed by atoms with E-state index in [9.17, 15) is 0 Å². The van der Waals surface area contributed by atoms with Crippen LogP contribution in [0.25, 0.3) is 0 Å². The summed E-state index contributed by atoms with van der Waals surface area (Å²) in [6.07, 6.45) is 2.55. The molecule has 0 bridgehead atoms. The maximum Gasteiger partial charge on any atom is 0.0434 e. The number of unbranched alkanes of at least 4 members (excludes halogenated alkanes) is 1. The summed E-state index contributed by atoms with van der Waals surface area (Å²) in [7, 11) is 0. The fraction of sp³-hybridized carbons (Fsp3) is 0.750. The van der Waals surface area contributed by atoms with Crippen molar-refractivity contribution in [1.82, 2.24) is 0 Å². The van der Waals surface area contributed by atoms with Crippen LogP contribution in [0.2, 0.25) is 0 Å². The number of aliphatic hydroxyl groups is 1. The molecular weight excluding hydrogens is 78.0 g/mol. The molecule has 0 fully saturated rings. The average molecular weight is 88.1 g/mol. The van der Waals surface area contributed by atoms with E-state index in [0.717, 1.165) is 6.42 Å². The van der Waals surface area contributed by atoms with Crippen molar-refractivity contribution in [3.8, 4) is 0 Å². The van der Waals surface area contributed by atoms with Gasteiger partial charge in [0, 0.05) is 6.61 Å². The van der Waals surface area contributed by atoms with Gasteiger partial charge in [-0.25, -0.2) is 0 Å². The zero-order valence-electron chi connectivity index (χ0n) is 3.72. The monoisotopic (exact) mass is 88.1 g/mol. The molecule has 0 saturated carbocycles. The molecule has 0 aromatic carbocycles. The predicted molar refractivity (Wildman–Crippen MR) is 25.1 cm³/mol. The van der Waals surface area contributed by atoms with Gasteiger partial charge in [-0.3, -0.25) is 0 Å². The van der Waals surface area contributed by atoms with E-state index in [2.05, 4.69) is 0 Å². The zero-order chi connectivity index (χ0) is 4.83. The van der Waals surface area contributed by atoms with Crippen LogP contribution in [0.5, 0.6) is 0 Å². The highest BCUT2D eigenvalue weighted by Crippen LogP contribution is 1.77. The third-order valence-electron chi connectivity index (χ3n) is 0.500. The minimum atomic E-state index is 0.219. The zero-order valence-corrected chi connectivity index (χ0v) is 3.72. The minimum Gasteiger partial charge on any atom is -0.396 e. The number of hydrogen-bond acceptors (Lipinski definition) is 2. The quantitative estimate of drug-likeness (QED) is 0.458. The Bertz CT molecular complexity index is 19.5. The standard InChI is InChI=1S/C4H10NO/c5-3-1-2-4-6/h1,6H,2-5H2. The normalized spacial score (nSPS) is 9.00. The van der Waals surface area contributed by atoms with Crippen molar-refractivity contribution in [2.24, 2.45) is 5.73 Å². The molecule has 0 spiro atoms. The lowest BCUT2D eigenvalue weighted by atomic mass is 10.3. The molecule has 0 aromatic heterocycles. The van der Waals surface area contributed by atoms with E-state index < -0.39 is 0 Å². The maximum absolute atomic E-state index is 8.11. The molecule has 2 nitrogen and oxygen atoms in total. The van der Waals surface area contributed by atoms with Gasteiger partial charge in [-0.05, 0) is 19.4 Å². The fourth-order valence-electron chi connectivity index (χ4n) is 0.209. The van der Waals surface area contributed by atoms with E-state index in [1.165, 1.54) is 0 Å². The summed E-state index contributed by atoms with van der Waals surface area (Å²) in [6, 6.07) is 0. The molecule has 0 aliphatic heterocycles. The van der Waals surface area contributed by atoms with Crippen LogP contribution in [-0.4, -0.2) is 18.3 Å². The van der Waals surface area contributed by atoms with Gasteiger partial charge in [0.15, 0.2) is 0 Å². The molecule has 0 aliphatic carbocycles. The lowest BCUT2D eigenvalue weighted by molar-refractivity contribution is 0.298. The van der Waals surface area contributed by atoms with Crippen LogP contribution in [0.15, 0.2) is 0 Å². The van der Waals surface area contributed by atoms with Crippen molar-refractivity contribution < 1.29 is 5.11 Å². The summed E-state index contributed by atoms with van der Waals surface area (Å²) < 4.78 is 0. The molecular formula is C4H10NO. The van der Waals surface area contributed by atoms with Gasteiger partial charge in [0.25, 0.3) is 0 Å². The lowest BCUT2D eigenvalue weighted by Crippen LogP contribution is -1.99. The highest BCUT2D eigenvalue weighted by molar-refractivity contribution is 4.62. The van der Waals surface area contributed by atoms with Gasteiger partial charge in [-0.2, -0.15) is 0 Å². The van der Waals surface area contributed by atoms with E-state index in [0.29, 0.717) is 6.54 Å². The summed E-state index contributed by atoms with van der Waals surface area (Å²) in [5, 5.41) is 8.11. The van der Waals surface area contributed by atoms with Crippen LogP contribution in [0.1, 0.15) is 6.42 Å². The Labute approximate surface area is 38.0 Å². The number of rotatable bonds is 3. The van der Waals surface area contributed by atoms with E-state index in [1.54, 1.807) is 0 Å². The molecule has 2 heteroatoms. The fourth-order valence-corrected chi connectivity index (χ4v) is 0.209. The molecule has 6 heavy (non-hydrogen) atoms. The van der Waals surface area contributed by atoms with Gasteiger partial charge in [0.1, 0.15) is 0 Å². The second-order valence-electron chi connectivity index (χ2n) is 1.04. The molecule has 0 rings (SSSR count). The smallest absolute Gasteiger partial charge is 0.0434 e. The number of aliphatic hydroxyl groups excluding tert-OH is 1. The van der Waals surface area contributed by atoms with E-state index in [1.807, 2.05) is 6.42 Å². The topological polar surface area (TPSA) is 46.2 Å². The SMILES string of the molecule is NC[CH]CCO.